The Kier molecular flexibility index (Phi) is 6.91. The number of piperidine rings is 2. The van der Waals surface area contributed by atoms with Gasteiger partial charge in [-0.25, -0.2) is 9.78 Å². The van der Waals surface area contributed by atoms with Crippen molar-refractivity contribution in [3.05, 3.63) is 42.2 Å². The van der Waals surface area contributed by atoms with Crippen LogP contribution in [0.25, 0.3) is 0 Å². The molecule has 8 heteroatoms. The van der Waals surface area contributed by atoms with E-state index in [0.29, 0.717) is 23.3 Å². The molecule has 2 saturated heterocycles. The van der Waals surface area contributed by atoms with E-state index in [0.717, 1.165) is 57.5 Å². The van der Waals surface area contributed by atoms with Crippen molar-refractivity contribution < 1.29 is 14.3 Å². The summed E-state index contributed by atoms with van der Waals surface area (Å²) in [6, 6.07) is 7.78. The number of carbonyl (C=O) groups is 2. The smallest absolute Gasteiger partial charge is 0.410 e. The van der Waals surface area contributed by atoms with E-state index in [1.165, 1.54) is 0 Å². The molecule has 1 aromatic carbocycles. The van der Waals surface area contributed by atoms with Crippen molar-refractivity contribution in [1.82, 2.24) is 14.9 Å². The number of rotatable bonds is 4. The maximum Gasteiger partial charge on any atom is 0.410 e. The highest BCUT2D eigenvalue weighted by Crippen LogP contribution is 2.34. The van der Waals surface area contributed by atoms with Gasteiger partial charge in [0.05, 0.1) is 0 Å². The fourth-order valence-electron chi connectivity index (χ4n) is 4.85. The summed E-state index contributed by atoms with van der Waals surface area (Å²) in [5, 5.41) is 2.75. The number of amides is 2. The molecule has 0 saturated carbocycles. The third kappa shape index (κ3) is 6.06. The Morgan fingerprint density at radius 3 is 2.15 bits per heavy atom. The zero-order chi connectivity index (χ0) is 23.4. The molecule has 2 aliphatic heterocycles. The molecule has 0 bridgehead atoms. The number of benzene rings is 1. The van der Waals surface area contributed by atoms with E-state index in [1.807, 2.05) is 49.9 Å². The van der Waals surface area contributed by atoms with Crippen LogP contribution >= 0.6 is 0 Å². The second kappa shape index (κ2) is 9.85. The lowest BCUT2D eigenvalue weighted by molar-refractivity contribution is 0.0152. The molecule has 0 unspecified atom stereocenters. The number of hydrogen-bond donors (Lipinski definition) is 2. The normalized spacial score (nSPS) is 18.3. The minimum atomic E-state index is -0.442. The molecule has 0 radical (unpaired) electrons. The predicted molar refractivity (Wildman–Crippen MR) is 128 cm³/mol. The Morgan fingerprint density at radius 1 is 1.00 bits per heavy atom. The van der Waals surface area contributed by atoms with Crippen LogP contribution in [0.3, 0.4) is 0 Å². The summed E-state index contributed by atoms with van der Waals surface area (Å²) in [6.45, 7) is 9.37. The summed E-state index contributed by atoms with van der Waals surface area (Å²) in [4.78, 5) is 35.8. The van der Waals surface area contributed by atoms with E-state index < -0.39 is 5.60 Å². The standard InChI is InChI=1S/C25H35N5O3/c1-25(2,3)33-24(32)30-16-10-19(11-17-30)18-8-14-29(15-9-18)21-6-4-20(5-7-21)22(31)28-23-26-12-13-27-23/h4-7,12-13,18-19H,8-11,14-17H2,1-3H3,(H2,26,27,28,31). The third-order valence-corrected chi connectivity index (χ3v) is 6.62. The molecule has 8 nitrogen and oxygen atoms in total. The quantitative estimate of drug-likeness (QED) is 0.710. The molecule has 0 spiro atoms. The zero-order valence-corrected chi connectivity index (χ0v) is 19.8. The van der Waals surface area contributed by atoms with Crippen LogP contribution in [-0.2, 0) is 4.74 Å². The Morgan fingerprint density at radius 2 is 1.61 bits per heavy atom. The highest BCUT2D eigenvalue weighted by atomic mass is 16.6. The number of carbonyl (C=O) groups excluding carboxylic acids is 2. The molecule has 0 atom stereocenters. The lowest BCUT2D eigenvalue weighted by Crippen LogP contribution is -2.44. The van der Waals surface area contributed by atoms with Gasteiger partial charge in [0.15, 0.2) is 0 Å². The number of hydrogen-bond acceptors (Lipinski definition) is 5. The van der Waals surface area contributed by atoms with Crippen LogP contribution in [0.4, 0.5) is 16.4 Å². The molecule has 2 aliphatic rings. The molecule has 1 aromatic heterocycles. The predicted octanol–water partition coefficient (Wildman–Crippen LogP) is 4.53. The van der Waals surface area contributed by atoms with Gasteiger partial charge in [-0.2, -0.15) is 0 Å². The monoisotopic (exact) mass is 453 g/mol. The van der Waals surface area contributed by atoms with E-state index in [2.05, 4.69) is 20.2 Å². The lowest BCUT2D eigenvalue weighted by atomic mass is 9.79. The second-order valence-electron chi connectivity index (χ2n) is 10.1. The number of aromatic amines is 1. The van der Waals surface area contributed by atoms with Crippen LogP contribution in [0, 0.1) is 11.8 Å². The first kappa shape index (κ1) is 23.1. The molecule has 2 fully saturated rings. The van der Waals surface area contributed by atoms with Gasteiger partial charge in [-0.3, -0.25) is 10.1 Å². The number of nitrogens with one attached hydrogen (secondary N) is 2. The molecule has 3 heterocycles. The Hall–Kier alpha value is -3.03. The van der Waals surface area contributed by atoms with Crippen molar-refractivity contribution in [3.63, 3.8) is 0 Å². The third-order valence-electron chi connectivity index (χ3n) is 6.62. The average Bonchev–Trinajstić information content (AvgIpc) is 3.31. The summed E-state index contributed by atoms with van der Waals surface area (Å²) in [7, 11) is 0. The number of ether oxygens (including phenoxy) is 1. The van der Waals surface area contributed by atoms with Gasteiger partial charge in [-0.1, -0.05) is 0 Å². The molecule has 2 N–H and O–H groups in total. The van der Waals surface area contributed by atoms with E-state index >= 15 is 0 Å². The van der Waals surface area contributed by atoms with Crippen molar-refractivity contribution in [3.8, 4) is 0 Å². The van der Waals surface area contributed by atoms with Crippen LogP contribution < -0.4 is 10.2 Å². The van der Waals surface area contributed by atoms with Crippen LogP contribution in [0.5, 0.6) is 0 Å². The fraction of sp³-hybridized carbons (Fsp3) is 0.560. The van der Waals surface area contributed by atoms with Crippen LogP contribution in [0.15, 0.2) is 36.7 Å². The van der Waals surface area contributed by atoms with Crippen LogP contribution in [0.1, 0.15) is 56.8 Å². The van der Waals surface area contributed by atoms with Crippen molar-refractivity contribution in [1.29, 1.82) is 0 Å². The average molecular weight is 454 g/mol. The lowest BCUT2D eigenvalue weighted by Gasteiger charge is -2.41. The van der Waals surface area contributed by atoms with Gasteiger partial charge in [0.25, 0.3) is 5.91 Å². The first-order valence-corrected chi connectivity index (χ1v) is 11.9. The number of anilines is 2. The summed E-state index contributed by atoms with van der Waals surface area (Å²) in [5.41, 5.74) is 1.33. The first-order chi connectivity index (χ1) is 15.8. The number of imidazole rings is 1. The number of H-pyrrole nitrogens is 1. The molecule has 178 valence electrons. The fourth-order valence-corrected chi connectivity index (χ4v) is 4.85. The van der Waals surface area contributed by atoms with Crippen LogP contribution in [0.2, 0.25) is 0 Å². The molecular weight excluding hydrogens is 418 g/mol. The van der Waals surface area contributed by atoms with Crippen molar-refractivity contribution in [2.45, 2.75) is 52.1 Å². The SMILES string of the molecule is CC(C)(C)OC(=O)N1CCC(C2CCN(c3ccc(C(=O)Nc4ncc[nH]4)cc3)CC2)CC1. The number of aromatic nitrogens is 2. The Balaban J connectivity index is 1.23. The van der Waals surface area contributed by atoms with Gasteiger partial charge in [-0.15, -0.1) is 0 Å². The van der Waals surface area contributed by atoms with Gasteiger partial charge < -0.3 is 19.5 Å². The van der Waals surface area contributed by atoms with E-state index in [4.69, 9.17) is 4.74 Å². The van der Waals surface area contributed by atoms with E-state index in [1.54, 1.807) is 12.4 Å². The van der Waals surface area contributed by atoms with E-state index in [9.17, 15) is 9.59 Å². The molecule has 2 amide bonds. The number of likely N-dealkylation sites (tertiary alicyclic amines) is 1. The summed E-state index contributed by atoms with van der Waals surface area (Å²) < 4.78 is 5.52. The second-order valence-corrected chi connectivity index (χ2v) is 10.1. The maximum absolute atomic E-state index is 12.3. The van der Waals surface area contributed by atoms with Crippen molar-refractivity contribution >= 4 is 23.6 Å². The van der Waals surface area contributed by atoms with Crippen molar-refractivity contribution in [2.24, 2.45) is 11.8 Å². The largest absolute Gasteiger partial charge is 0.444 e. The molecule has 0 aliphatic carbocycles. The minimum absolute atomic E-state index is 0.173. The minimum Gasteiger partial charge on any atom is -0.444 e. The topological polar surface area (TPSA) is 90.6 Å². The molecule has 33 heavy (non-hydrogen) atoms. The first-order valence-electron chi connectivity index (χ1n) is 11.9. The van der Waals surface area contributed by atoms with Gasteiger partial charge in [0, 0.05) is 49.8 Å². The van der Waals surface area contributed by atoms with Gasteiger partial charge in [-0.05, 0) is 82.6 Å². The molecule has 2 aromatic rings. The Bertz CT molecular complexity index is 920. The van der Waals surface area contributed by atoms with Crippen molar-refractivity contribution in [2.75, 3.05) is 36.4 Å². The summed E-state index contributed by atoms with van der Waals surface area (Å²) in [6.07, 6.45) is 7.54. The van der Waals surface area contributed by atoms with Gasteiger partial charge in [0.1, 0.15) is 5.60 Å². The highest BCUT2D eigenvalue weighted by Gasteiger charge is 2.32. The zero-order valence-electron chi connectivity index (χ0n) is 19.8. The highest BCUT2D eigenvalue weighted by molar-refractivity contribution is 6.03. The van der Waals surface area contributed by atoms with Gasteiger partial charge >= 0.3 is 6.09 Å². The number of nitrogens with zero attached hydrogens (tertiary/aromatic N) is 3. The molecule has 4 rings (SSSR count). The summed E-state index contributed by atoms with van der Waals surface area (Å²) in [5.74, 6) is 1.66. The van der Waals surface area contributed by atoms with Gasteiger partial charge in [0.2, 0.25) is 5.95 Å². The summed E-state index contributed by atoms with van der Waals surface area (Å²) >= 11 is 0. The Labute approximate surface area is 195 Å². The maximum atomic E-state index is 12.3. The van der Waals surface area contributed by atoms with Crippen LogP contribution in [-0.4, -0.2) is 58.6 Å². The molecular formula is C25H35N5O3. The van der Waals surface area contributed by atoms with E-state index in [-0.39, 0.29) is 12.0 Å².